The van der Waals surface area contributed by atoms with Crippen LogP contribution in [0, 0.1) is 6.92 Å². The summed E-state index contributed by atoms with van der Waals surface area (Å²) < 4.78 is 28.5. The minimum absolute atomic E-state index is 0.0462. The molecule has 0 amide bonds. The highest BCUT2D eigenvalue weighted by Gasteiger charge is 2.23. The summed E-state index contributed by atoms with van der Waals surface area (Å²) in [6, 6.07) is 0. The average molecular weight is 285 g/mol. The zero-order valence-corrected chi connectivity index (χ0v) is 11.4. The van der Waals surface area contributed by atoms with Crippen LogP contribution in [0.5, 0.6) is 0 Å². The molecule has 2 aromatic rings. The predicted octanol–water partition coefficient (Wildman–Crippen LogP) is -1.22. The van der Waals surface area contributed by atoms with Gasteiger partial charge in [-0.1, -0.05) is 0 Å². The summed E-state index contributed by atoms with van der Waals surface area (Å²) in [5.74, 6) is 0.513. The van der Waals surface area contributed by atoms with Gasteiger partial charge in [-0.25, -0.2) is 13.1 Å². The lowest BCUT2D eigenvalue weighted by molar-refractivity contribution is 0.575. The van der Waals surface area contributed by atoms with Crippen LogP contribution in [0.15, 0.2) is 11.2 Å². The molecule has 0 aromatic carbocycles. The van der Waals surface area contributed by atoms with E-state index in [4.69, 9.17) is 5.73 Å². The Balaban J connectivity index is 2.23. The SMILES string of the molecule is Cc1[nH]nc(CN)c1S(=O)(=O)NCc1nncn1C. The van der Waals surface area contributed by atoms with Crippen LogP contribution < -0.4 is 10.5 Å². The third-order valence-electron chi connectivity index (χ3n) is 2.65. The van der Waals surface area contributed by atoms with Gasteiger partial charge in [-0.3, -0.25) is 5.10 Å². The normalized spacial score (nSPS) is 11.9. The van der Waals surface area contributed by atoms with Crippen LogP contribution in [-0.4, -0.2) is 33.4 Å². The summed E-state index contributed by atoms with van der Waals surface area (Å²) in [7, 11) is -1.95. The monoisotopic (exact) mass is 285 g/mol. The van der Waals surface area contributed by atoms with Gasteiger partial charge in [-0.05, 0) is 6.92 Å². The van der Waals surface area contributed by atoms with E-state index in [2.05, 4.69) is 25.1 Å². The Labute approximate surface area is 110 Å². The first-order valence-corrected chi connectivity index (χ1v) is 7.00. The van der Waals surface area contributed by atoms with Crippen LogP contribution in [-0.2, 0) is 30.2 Å². The lowest BCUT2D eigenvalue weighted by atomic mass is 10.4. The number of nitrogens with two attached hydrogens (primary N) is 1. The van der Waals surface area contributed by atoms with Crippen LogP contribution in [0.4, 0.5) is 0 Å². The van der Waals surface area contributed by atoms with Crippen molar-refractivity contribution in [3.05, 3.63) is 23.5 Å². The Kier molecular flexibility index (Phi) is 3.64. The molecule has 2 heterocycles. The summed E-state index contributed by atoms with van der Waals surface area (Å²) >= 11 is 0. The second-order valence-electron chi connectivity index (χ2n) is 4.01. The molecule has 10 heteroatoms. The van der Waals surface area contributed by atoms with Crippen LogP contribution in [0.2, 0.25) is 0 Å². The maximum Gasteiger partial charge on any atom is 0.244 e. The van der Waals surface area contributed by atoms with E-state index in [9.17, 15) is 8.42 Å². The number of rotatable bonds is 5. The molecule has 2 aromatic heterocycles. The van der Waals surface area contributed by atoms with Crippen LogP contribution >= 0.6 is 0 Å². The Morgan fingerprint density at radius 2 is 2.26 bits per heavy atom. The molecular weight excluding hydrogens is 270 g/mol. The van der Waals surface area contributed by atoms with Crippen LogP contribution in [0.1, 0.15) is 17.2 Å². The Morgan fingerprint density at radius 1 is 1.53 bits per heavy atom. The molecule has 0 saturated heterocycles. The summed E-state index contributed by atoms with van der Waals surface area (Å²) in [5, 5.41) is 14.0. The molecule has 104 valence electrons. The first-order chi connectivity index (χ1) is 8.95. The van der Waals surface area contributed by atoms with Gasteiger partial charge in [0.2, 0.25) is 10.0 Å². The topological polar surface area (TPSA) is 132 Å². The molecule has 9 nitrogen and oxygen atoms in total. The first kappa shape index (κ1) is 13.6. The molecule has 0 aliphatic heterocycles. The van der Waals surface area contributed by atoms with Gasteiger partial charge >= 0.3 is 0 Å². The molecule has 0 spiro atoms. The highest BCUT2D eigenvalue weighted by atomic mass is 32.2. The van der Waals surface area contributed by atoms with E-state index in [1.54, 1.807) is 18.5 Å². The van der Waals surface area contributed by atoms with E-state index >= 15 is 0 Å². The van der Waals surface area contributed by atoms with E-state index in [1.807, 2.05) is 0 Å². The Bertz CT molecular complexity index is 673. The molecule has 19 heavy (non-hydrogen) atoms. The number of hydrogen-bond acceptors (Lipinski definition) is 6. The molecule has 0 radical (unpaired) electrons. The van der Waals surface area contributed by atoms with Gasteiger partial charge in [0.05, 0.1) is 17.9 Å². The molecule has 2 rings (SSSR count). The zero-order chi connectivity index (χ0) is 14.0. The van der Waals surface area contributed by atoms with Crippen molar-refractivity contribution < 1.29 is 8.42 Å². The number of sulfonamides is 1. The van der Waals surface area contributed by atoms with E-state index in [0.29, 0.717) is 17.2 Å². The summed E-state index contributed by atoms with van der Waals surface area (Å²) in [4.78, 5) is 0.0946. The van der Waals surface area contributed by atoms with E-state index in [1.165, 1.54) is 6.33 Å². The van der Waals surface area contributed by atoms with Gasteiger partial charge in [0, 0.05) is 13.6 Å². The predicted molar refractivity (Wildman–Crippen MR) is 66.2 cm³/mol. The second kappa shape index (κ2) is 5.07. The maximum absolute atomic E-state index is 12.2. The molecule has 0 aliphatic carbocycles. The molecule has 4 N–H and O–H groups in total. The number of hydrogen-bond donors (Lipinski definition) is 3. The van der Waals surface area contributed by atoms with E-state index in [0.717, 1.165) is 0 Å². The summed E-state index contributed by atoms with van der Waals surface area (Å²) in [6.07, 6.45) is 1.50. The van der Waals surface area contributed by atoms with E-state index in [-0.39, 0.29) is 18.0 Å². The third-order valence-corrected chi connectivity index (χ3v) is 4.25. The zero-order valence-electron chi connectivity index (χ0n) is 10.6. The van der Waals surface area contributed by atoms with Crippen LogP contribution in [0.25, 0.3) is 0 Å². The average Bonchev–Trinajstić information content (AvgIpc) is 2.93. The fourth-order valence-electron chi connectivity index (χ4n) is 1.66. The van der Waals surface area contributed by atoms with Crippen molar-refractivity contribution in [2.75, 3.05) is 0 Å². The fourth-order valence-corrected chi connectivity index (χ4v) is 3.01. The quantitative estimate of drug-likeness (QED) is 0.631. The number of aromatic nitrogens is 5. The molecule has 0 fully saturated rings. The third kappa shape index (κ3) is 2.64. The van der Waals surface area contributed by atoms with Gasteiger partial charge < -0.3 is 10.3 Å². The standard InChI is InChI=1S/C9H15N7O2S/c1-6-9(7(3-10)14-13-6)19(17,18)12-4-8-15-11-5-16(8)2/h5,12H,3-4,10H2,1-2H3,(H,13,14). The first-order valence-electron chi connectivity index (χ1n) is 5.52. The van der Waals surface area contributed by atoms with Gasteiger partial charge in [0.25, 0.3) is 0 Å². The smallest absolute Gasteiger partial charge is 0.244 e. The molecular formula is C9H15N7O2S. The second-order valence-corrected chi connectivity index (χ2v) is 5.71. The van der Waals surface area contributed by atoms with Crippen molar-refractivity contribution >= 4 is 10.0 Å². The number of nitrogens with zero attached hydrogens (tertiary/aromatic N) is 4. The van der Waals surface area contributed by atoms with Gasteiger partial charge in [0.15, 0.2) is 0 Å². The van der Waals surface area contributed by atoms with E-state index < -0.39 is 10.0 Å². The number of nitrogens with one attached hydrogen (secondary N) is 2. The molecule has 0 bridgehead atoms. The minimum atomic E-state index is -3.69. The Morgan fingerprint density at radius 3 is 2.84 bits per heavy atom. The Hall–Kier alpha value is -1.78. The molecule has 0 aliphatic rings. The number of H-pyrrole nitrogens is 1. The van der Waals surface area contributed by atoms with Crippen molar-refractivity contribution in [1.82, 2.24) is 29.7 Å². The molecule has 0 atom stereocenters. The lowest BCUT2D eigenvalue weighted by Crippen LogP contribution is -2.26. The lowest BCUT2D eigenvalue weighted by Gasteiger charge is -2.06. The van der Waals surface area contributed by atoms with Crippen LogP contribution in [0.3, 0.4) is 0 Å². The fraction of sp³-hybridized carbons (Fsp3) is 0.444. The van der Waals surface area contributed by atoms with Crippen molar-refractivity contribution in [2.45, 2.75) is 24.9 Å². The summed E-state index contributed by atoms with van der Waals surface area (Å²) in [6.45, 7) is 1.72. The minimum Gasteiger partial charge on any atom is -0.325 e. The maximum atomic E-state index is 12.2. The van der Waals surface area contributed by atoms with Crippen molar-refractivity contribution in [1.29, 1.82) is 0 Å². The summed E-state index contributed by atoms with van der Waals surface area (Å²) in [5.41, 5.74) is 6.23. The van der Waals surface area contributed by atoms with Crippen molar-refractivity contribution in [3.63, 3.8) is 0 Å². The number of aromatic amines is 1. The van der Waals surface area contributed by atoms with Crippen molar-refractivity contribution in [3.8, 4) is 0 Å². The largest absolute Gasteiger partial charge is 0.325 e. The highest BCUT2D eigenvalue weighted by molar-refractivity contribution is 7.89. The highest BCUT2D eigenvalue weighted by Crippen LogP contribution is 2.17. The molecule has 0 saturated carbocycles. The van der Waals surface area contributed by atoms with Gasteiger partial charge in [0.1, 0.15) is 17.0 Å². The number of aryl methyl sites for hydroxylation is 2. The van der Waals surface area contributed by atoms with Crippen molar-refractivity contribution in [2.24, 2.45) is 12.8 Å². The van der Waals surface area contributed by atoms with Gasteiger partial charge in [-0.15, -0.1) is 10.2 Å². The molecule has 0 unspecified atom stereocenters. The van der Waals surface area contributed by atoms with Gasteiger partial charge in [-0.2, -0.15) is 5.10 Å².